The number of nitrogens with one attached hydrogen (secondary N) is 1. The Balaban J connectivity index is 1.92. The molecule has 23 heavy (non-hydrogen) atoms. The smallest absolute Gasteiger partial charge is 0.270 e. The van der Waals surface area contributed by atoms with Gasteiger partial charge in [-0.2, -0.15) is 5.10 Å². The Morgan fingerprint density at radius 1 is 1.17 bits per heavy atom. The van der Waals surface area contributed by atoms with Crippen LogP contribution in [0.3, 0.4) is 0 Å². The van der Waals surface area contributed by atoms with E-state index in [4.69, 9.17) is 0 Å². The van der Waals surface area contributed by atoms with Crippen LogP contribution < -0.4 is 5.43 Å². The average molecular weight is 311 g/mol. The summed E-state index contributed by atoms with van der Waals surface area (Å²) in [5.74, 6) is -0.196. The normalized spacial score (nSPS) is 11.1. The summed E-state index contributed by atoms with van der Waals surface area (Å²) in [6.07, 6.45) is 0.966. The molecule has 6 heteroatoms. The Morgan fingerprint density at radius 3 is 2.61 bits per heavy atom. The number of carbonyl (C=O) groups is 1. The summed E-state index contributed by atoms with van der Waals surface area (Å²) >= 11 is 0. The van der Waals surface area contributed by atoms with Crippen molar-refractivity contribution in [2.45, 2.75) is 19.8 Å². The van der Waals surface area contributed by atoms with Gasteiger partial charge >= 0.3 is 0 Å². The third kappa shape index (κ3) is 5.03. The fourth-order valence-electron chi connectivity index (χ4n) is 2.01. The van der Waals surface area contributed by atoms with Crippen LogP contribution in [0.1, 0.15) is 24.5 Å². The Kier molecular flexibility index (Phi) is 5.57. The zero-order chi connectivity index (χ0) is 16.7. The monoisotopic (exact) mass is 311 g/mol. The van der Waals surface area contributed by atoms with E-state index in [2.05, 4.69) is 10.5 Å². The van der Waals surface area contributed by atoms with E-state index in [9.17, 15) is 14.9 Å². The van der Waals surface area contributed by atoms with Gasteiger partial charge < -0.3 is 0 Å². The third-order valence-electron chi connectivity index (χ3n) is 3.31. The average Bonchev–Trinajstić information content (AvgIpc) is 2.58. The molecule has 118 valence electrons. The number of nitro groups is 1. The number of nitrogens with zero attached hydrogens (tertiary/aromatic N) is 2. The van der Waals surface area contributed by atoms with Gasteiger partial charge in [0.15, 0.2) is 0 Å². The fraction of sp³-hybridized carbons (Fsp3) is 0.176. The quantitative estimate of drug-likeness (QED) is 0.505. The van der Waals surface area contributed by atoms with Gasteiger partial charge in [0.05, 0.1) is 10.6 Å². The zero-order valence-electron chi connectivity index (χ0n) is 12.7. The molecule has 2 aromatic rings. The van der Waals surface area contributed by atoms with E-state index in [1.165, 1.54) is 12.1 Å². The molecule has 0 spiro atoms. The van der Waals surface area contributed by atoms with Crippen molar-refractivity contribution in [2.24, 2.45) is 5.10 Å². The minimum atomic E-state index is -0.463. The Hall–Kier alpha value is -3.02. The van der Waals surface area contributed by atoms with Crippen LogP contribution >= 0.6 is 0 Å². The standard InChI is InChI=1S/C17H17N3O3/c1-13(15-8-5-9-16(12-15)20(22)23)18-19-17(21)11-10-14-6-3-2-4-7-14/h2-9,12H,10-11H2,1H3,(H,19,21)/b18-13+. The van der Waals surface area contributed by atoms with Gasteiger partial charge in [0.25, 0.3) is 5.69 Å². The van der Waals surface area contributed by atoms with Crippen LogP contribution in [0.25, 0.3) is 0 Å². The molecule has 0 bridgehead atoms. The van der Waals surface area contributed by atoms with Crippen molar-refractivity contribution >= 4 is 17.3 Å². The molecule has 0 radical (unpaired) electrons. The number of amides is 1. The highest BCUT2D eigenvalue weighted by molar-refractivity contribution is 5.99. The van der Waals surface area contributed by atoms with E-state index in [1.54, 1.807) is 19.1 Å². The number of hydrogen-bond donors (Lipinski definition) is 1. The van der Waals surface area contributed by atoms with E-state index < -0.39 is 4.92 Å². The second kappa shape index (κ2) is 7.84. The highest BCUT2D eigenvalue weighted by Gasteiger charge is 2.08. The molecular weight excluding hydrogens is 294 g/mol. The van der Waals surface area contributed by atoms with Crippen LogP contribution in [0.15, 0.2) is 59.7 Å². The summed E-state index contributed by atoms with van der Waals surface area (Å²) in [5.41, 5.74) is 4.67. The highest BCUT2D eigenvalue weighted by atomic mass is 16.6. The lowest BCUT2D eigenvalue weighted by Crippen LogP contribution is -2.19. The van der Waals surface area contributed by atoms with E-state index in [1.807, 2.05) is 30.3 Å². The van der Waals surface area contributed by atoms with Crippen LogP contribution in [0.2, 0.25) is 0 Å². The number of non-ortho nitro benzene ring substituents is 1. The molecule has 0 aromatic heterocycles. The third-order valence-corrected chi connectivity index (χ3v) is 3.31. The van der Waals surface area contributed by atoms with Crippen LogP contribution in [0.4, 0.5) is 5.69 Å². The SMILES string of the molecule is C/C(=N\NC(=O)CCc1ccccc1)c1cccc([N+](=O)[O-])c1. The first kappa shape index (κ1) is 16.4. The molecule has 0 fully saturated rings. The molecule has 0 aliphatic rings. The molecule has 0 saturated heterocycles. The van der Waals surface area contributed by atoms with Crippen molar-refractivity contribution in [1.29, 1.82) is 0 Å². The maximum absolute atomic E-state index is 11.8. The van der Waals surface area contributed by atoms with Crippen LogP contribution in [-0.4, -0.2) is 16.5 Å². The molecule has 0 saturated carbocycles. The summed E-state index contributed by atoms with van der Waals surface area (Å²) in [6.45, 7) is 1.69. The predicted molar refractivity (Wildman–Crippen MR) is 88.2 cm³/mol. The van der Waals surface area contributed by atoms with Crippen molar-refractivity contribution in [3.63, 3.8) is 0 Å². The van der Waals surface area contributed by atoms with Crippen LogP contribution in [0.5, 0.6) is 0 Å². The second-order valence-electron chi connectivity index (χ2n) is 5.03. The molecule has 2 rings (SSSR count). The first-order valence-corrected chi connectivity index (χ1v) is 7.18. The Bertz CT molecular complexity index is 727. The molecule has 0 aliphatic heterocycles. The van der Waals surface area contributed by atoms with Crippen molar-refractivity contribution in [2.75, 3.05) is 0 Å². The van der Waals surface area contributed by atoms with Crippen LogP contribution in [-0.2, 0) is 11.2 Å². The molecule has 0 aliphatic carbocycles. The van der Waals surface area contributed by atoms with Gasteiger partial charge in [-0.1, -0.05) is 42.5 Å². The number of hydrogen-bond acceptors (Lipinski definition) is 4. The van der Waals surface area contributed by atoms with E-state index in [0.717, 1.165) is 5.56 Å². The summed E-state index contributed by atoms with van der Waals surface area (Å²) in [4.78, 5) is 22.1. The van der Waals surface area contributed by atoms with E-state index in [0.29, 0.717) is 24.1 Å². The summed E-state index contributed by atoms with van der Waals surface area (Å²) in [7, 11) is 0. The van der Waals surface area contributed by atoms with Crippen molar-refractivity contribution in [1.82, 2.24) is 5.43 Å². The summed E-state index contributed by atoms with van der Waals surface area (Å²) in [6, 6.07) is 15.8. The first-order valence-electron chi connectivity index (χ1n) is 7.18. The minimum Gasteiger partial charge on any atom is -0.273 e. The largest absolute Gasteiger partial charge is 0.273 e. The predicted octanol–water partition coefficient (Wildman–Crippen LogP) is 3.07. The topological polar surface area (TPSA) is 84.6 Å². The molecule has 6 nitrogen and oxygen atoms in total. The van der Waals surface area contributed by atoms with E-state index >= 15 is 0 Å². The number of rotatable bonds is 6. The molecule has 0 unspecified atom stereocenters. The molecule has 0 atom stereocenters. The number of nitro benzene ring substituents is 1. The summed E-state index contributed by atoms with van der Waals surface area (Å²) < 4.78 is 0. The first-order chi connectivity index (χ1) is 11.1. The lowest BCUT2D eigenvalue weighted by Gasteiger charge is -2.03. The summed E-state index contributed by atoms with van der Waals surface area (Å²) in [5, 5.41) is 14.8. The number of aryl methyl sites for hydroxylation is 1. The second-order valence-corrected chi connectivity index (χ2v) is 5.03. The zero-order valence-corrected chi connectivity index (χ0v) is 12.7. The minimum absolute atomic E-state index is 0.00699. The maximum atomic E-state index is 11.8. The molecular formula is C17H17N3O3. The van der Waals surface area contributed by atoms with Gasteiger partial charge in [-0.25, -0.2) is 5.43 Å². The van der Waals surface area contributed by atoms with Gasteiger partial charge in [-0.3, -0.25) is 14.9 Å². The lowest BCUT2D eigenvalue weighted by molar-refractivity contribution is -0.384. The van der Waals surface area contributed by atoms with Gasteiger partial charge in [0, 0.05) is 24.1 Å². The van der Waals surface area contributed by atoms with Gasteiger partial charge in [0.2, 0.25) is 5.91 Å². The van der Waals surface area contributed by atoms with E-state index in [-0.39, 0.29) is 11.6 Å². The highest BCUT2D eigenvalue weighted by Crippen LogP contribution is 2.13. The van der Waals surface area contributed by atoms with Crippen molar-refractivity contribution in [3.05, 3.63) is 75.8 Å². The van der Waals surface area contributed by atoms with Crippen LogP contribution in [0, 0.1) is 10.1 Å². The maximum Gasteiger partial charge on any atom is 0.270 e. The molecule has 0 heterocycles. The number of hydrazone groups is 1. The number of benzene rings is 2. The van der Waals surface area contributed by atoms with Gasteiger partial charge in [-0.15, -0.1) is 0 Å². The fourth-order valence-corrected chi connectivity index (χ4v) is 2.01. The molecule has 2 aromatic carbocycles. The Morgan fingerprint density at radius 2 is 1.91 bits per heavy atom. The Labute approximate surface area is 134 Å². The number of carbonyl (C=O) groups excluding carboxylic acids is 1. The van der Waals surface area contributed by atoms with Crippen molar-refractivity contribution < 1.29 is 9.72 Å². The lowest BCUT2D eigenvalue weighted by atomic mass is 10.1. The van der Waals surface area contributed by atoms with Crippen molar-refractivity contribution in [3.8, 4) is 0 Å². The van der Waals surface area contributed by atoms with Gasteiger partial charge in [0.1, 0.15) is 0 Å². The van der Waals surface area contributed by atoms with Gasteiger partial charge in [-0.05, 0) is 18.9 Å². The molecule has 1 N–H and O–H groups in total. The molecule has 1 amide bonds.